The number of benzene rings is 2. The fourth-order valence-electron chi connectivity index (χ4n) is 4.21. The minimum absolute atomic E-state index is 0.102. The van der Waals surface area contributed by atoms with Gasteiger partial charge in [0.05, 0.1) is 16.5 Å². The molecule has 0 aliphatic rings. The van der Waals surface area contributed by atoms with Crippen molar-refractivity contribution < 1.29 is 4.79 Å². The Bertz CT molecular complexity index is 1560. The highest BCUT2D eigenvalue weighted by Crippen LogP contribution is 2.32. The van der Waals surface area contributed by atoms with E-state index in [0.29, 0.717) is 21.7 Å². The molecule has 0 saturated heterocycles. The first kappa shape index (κ1) is 23.8. The number of aromatic nitrogens is 4. The zero-order valence-corrected chi connectivity index (χ0v) is 22.2. The summed E-state index contributed by atoms with van der Waals surface area (Å²) in [7, 11) is 0. The second-order valence-corrected chi connectivity index (χ2v) is 11.0. The van der Waals surface area contributed by atoms with Gasteiger partial charge in [0.25, 0.3) is 0 Å². The molecule has 5 aromatic rings. The van der Waals surface area contributed by atoms with E-state index in [-0.39, 0.29) is 11.2 Å². The Kier molecular flexibility index (Phi) is 6.53. The topological polar surface area (TPSA) is 72.2 Å². The Labute approximate surface area is 216 Å². The van der Waals surface area contributed by atoms with E-state index < -0.39 is 0 Å². The number of thiazole rings is 1. The average molecular weight is 522 g/mol. The first-order valence-electron chi connectivity index (χ1n) is 11.3. The number of fused-ring (bicyclic) bond motifs is 3. The van der Waals surface area contributed by atoms with Gasteiger partial charge in [-0.25, -0.2) is 4.98 Å². The molecule has 0 bridgehead atoms. The number of carbonyl (C=O) groups is 1. The van der Waals surface area contributed by atoms with E-state index in [0.717, 1.165) is 33.5 Å². The molecule has 6 nitrogen and oxygen atoms in total. The number of anilines is 1. The third kappa shape index (κ3) is 4.66. The summed E-state index contributed by atoms with van der Waals surface area (Å²) in [5.74, 6) is -0.102. The van der Waals surface area contributed by atoms with Crippen molar-refractivity contribution in [1.82, 2.24) is 19.6 Å². The van der Waals surface area contributed by atoms with Crippen LogP contribution >= 0.6 is 34.7 Å². The molecule has 0 fully saturated rings. The molecule has 0 aliphatic heterocycles. The summed E-state index contributed by atoms with van der Waals surface area (Å²) in [6.45, 7) is 8.30. The lowest BCUT2D eigenvalue weighted by molar-refractivity contribution is -0.115. The van der Waals surface area contributed by atoms with E-state index in [1.54, 1.807) is 0 Å². The number of nitrogens with one attached hydrogen (secondary N) is 1. The molecule has 0 spiro atoms. The maximum atomic E-state index is 13.2. The first-order valence-corrected chi connectivity index (χ1v) is 13.4. The predicted octanol–water partition coefficient (Wildman–Crippen LogP) is 7.09. The van der Waals surface area contributed by atoms with Crippen LogP contribution in [-0.2, 0) is 4.79 Å². The molecule has 1 atom stereocenters. The number of amides is 1. The second-order valence-electron chi connectivity index (χ2n) is 8.53. The van der Waals surface area contributed by atoms with Gasteiger partial charge in [-0.05, 0) is 62.6 Å². The predicted molar refractivity (Wildman–Crippen MR) is 146 cm³/mol. The monoisotopic (exact) mass is 521 g/mol. The van der Waals surface area contributed by atoms with E-state index in [1.165, 1.54) is 34.0 Å². The summed E-state index contributed by atoms with van der Waals surface area (Å²) >= 11 is 8.82. The molecule has 1 amide bonds. The number of halogens is 1. The smallest absolute Gasteiger partial charge is 0.239 e. The van der Waals surface area contributed by atoms with E-state index in [1.807, 2.05) is 42.6 Å². The molecule has 3 heterocycles. The van der Waals surface area contributed by atoms with Crippen LogP contribution in [0.1, 0.15) is 30.0 Å². The molecular weight excluding hydrogens is 498 g/mol. The molecule has 1 N–H and O–H groups in total. The summed E-state index contributed by atoms with van der Waals surface area (Å²) in [6.07, 6.45) is 0.642. The van der Waals surface area contributed by atoms with Gasteiger partial charge in [0.15, 0.2) is 15.9 Å². The van der Waals surface area contributed by atoms with Crippen LogP contribution in [0.5, 0.6) is 0 Å². The number of hydrogen-bond acceptors (Lipinski definition) is 6. The molecule has 0 aliphatic carbocycles. The lowest BCUT2D eigenvalue weighted by Gasteiger charge is -2.14. The van der Waals surface area contributed by atoms with Crippen molar-refractivity contribution in [1.29, 1.82) is 0 Å². The normalized spacial score (nSPS) is 12.4. The molecule has 35 heavy (non-hydrogen) atoms. The first-order chi connectivity index (χ1) is 16.8. The molecule has 0 saturated carbocycles. The molecule has 178 valence electrons. The Morgan fingerprint density at radius 3 is 2.63 bits per heavy atom. The Balaban J connectivity index is 1.42. The molecule has 2 aromatic carbocycles. The number of nitrogens with zero attached hydrogens (tertiary/aromatic N) is 4. The van der Waals surface area contributed by atoms with Crippen molar-refractivity contribution in [2.24, 2.45) is 0 Å². The minimum atomic E-state index is -0.340. The van der Waals surface area contributed by atoms with Crippen LogP contribution < -0.4 is 5.32 Å². The van der Waals surface area contributed by atoms with Crippen molar-refractivity contribution in [3.8, 4) is 11.3 Å². The van der Waals surface area contributed by atoms with Crippen molar-refractivity contribution in [3.05, 3.63) is 69.6 Å². The van der Waals surface area contributed by atoms with Gasteiger partial charge < -0.3 is 5.32 Å². The van der Waals surface area contributed by atoms with Gasteiger partial charge in [-0.2, -0.15) is 0 Å². The highest BCUT2D eigenvalue weighted by Gasteiger charge is 2.23. The Morgan fingerprint density at radius 2 is 1.89 bits per heavy atom. The van der Waals surface area contributed by atoms with Gasteiger partial charge in [0.1, 0.15) is 0 Å². The van der Waals surface area contributed by atoms with Gasteiger partial charge in [0.2, 0.25) is 5.91 Å². The summed E-state index contributed by atoms with van der Waals surface area (Å²) in [5, 5.41) is 16.6. The molecular formula is C26H24ClN5OS2. The van der Waals surface area contributed by atoms with Crippen LogP contribution in [0.3, 0.4) is 0 Å². The quantitative estimate of drug-likeness (QED) is 0.241. The maximum absolute atomic E-state index is 13.2. The molecule has 0 radical (unpaired) electrons. The van der Waals surface area contributed by atoms with Crippen molar-refractivity contribution in [2.75, 3.05) is 5.32 Å². The van der Waals surface area contributed by atoms with Crippen molar-refractivity contribution >= 4 is 62.3 Å². The van der Waals surface area contributed by atoms with E-state index >= 15 is 0 Å². The number of hydrogen-bond donors (Lipinski definition) is 1. The molecule has 1 unspecified atom stereocenters. The maximum Gasteiger partial charge on any atom is 0.239 e. The third-order valence-electron chi connectivity index (χ3n) is 5.88. The zero-order valence-electron chi connectivity index (χ0n) is 19.8. The second kappa shape index (κ2) is 9.60. The fourth-order valence-corrected chi connectivity index (χ4v) is 6.02. The average Bonchev–Trinajstić information content (AvgIpc) is 3.45. The molecule has 9 heteroatoms. The minimum Gasteiger partial charge on any atom is -0.301 e. The number of carbonyl (C=O) groups excluding carboxylic acids is 1. The van der Waals surface area contributed by atoms with Gasteiger partial charge in [0, 0.05) is 21.4 Å². The standard InChI is InChI=1S/C26H24ClN5OS2/c1-5-21(24(33)29-25-28-20(13-34-25)17-6-8-18(27)9-7-17)35-26-31-30-22-12-15(3)19-11-14(2)10-16(4)23(19)32(22)26/h6-13,21H,5H2,1-4H3,(H,28,29,33). The summed E-state index contributed by atoms with van der Waals surface area (Å²) in [4.78, 5) is 17.8. The van der Waals surface area contributed by atoms with Gasteiger partial charge in [-0.15, -0.1) is 21.5 Å². The lowest BCUT2D eigenvalue weighted by atomic mass is 10.0. The summed E-state index contributed by atoms with van der Waals surface area (Å²) in [5.41, 5.74) is 7.16. The van der Waals surface area contributed by atoms with Crippen LogP contribution in [0.25, 0.3) is 27.8 Å². The number of pyridine rings is 1. The highest BCUT2D eigenvalue weighted by molar-refractivity contribution is 8.00. The van der Waals surface area contributed by atoms with Crippen LogP contribution in [-0.4, -0.2) is 30.7 Å². The van der Waals surface area contributed by atoms with Crippen LogP contribution in [0.15, 0.2) is 53.0 Å². The van der Waals surface area contributed by atoms with E-state index in [2.05, 4.69) is 57.8 Å². The molecule has 3 aromatic heterocycles. The van der Waals surface area contributed by atoms with Crippen molar-refractivity contribution in [3.63, 3.8) is 0 Å². The molecule has 5 rings (SSSR count). The summed E-state index contributed by atoms with van der Waals surface area (Å²) < 4.78 is 2.07. The highest BCUT2D eigenvalue weighted by atomic mass is 35.5. The van der Waals surface area contributed by atoms with Gasteiger partial charge in [-0.3, -0.25) is 9.20 Å². The zero-order chi connectivity index (χ0) is 24.7. The van der Waals surface area contributed by atoms with Crippen LogP contribution in [0.2, 0.25) is 5.02 Å². The lowest BCUT2D eigenvalue weighted by Crippen LogP contribution is -2.24. The van der Waals surface area contributed by atoms with Crippen molar-refractivity contribution in [2.45, 2.75) is 44.5 Å². The van der Waals surface area contributed by atoms with Gasteiger partial charge in [-0.1, -0.05) is 54.0 Å². The van der Waals surface area contributed by atoms with E-state index in [9.17, 15) is 4.79 Å². The van der Waals surface area contributed by atoms with E-state index in [4.69, 9.17) is 11.6 Å². The SMILES string of the molecule is CCC(Sc1nnc2cc(C)c3cc(C)cc(C)c3n12)C(=O)Nc1nc(-c2ccc(Cl)cc2)cs1. The van der Waals surface area contributed by atoms with Gasteiger partial charge >= 0.3 is 0 Å². The number of thioether (sulfide) groups is 1. The third-order valence-corrected chi connectivity index (χ3v) is 8.20. The fraction of sp³-hybridized carbons (Fsp3) is 0.231. The largest absolute Gasteiger partial charge is 0.301 e. The van der Waals surface area contributed by atoms with Crippen LogP contribution in [0, 0.1) is 20.8 Å². The Morgan fingerprint density at radius 1 is 1.11 bits per heavy atom. The Hall–Kier alpha value is -2.94. The number of aryl methyl sites for hydroxylation is 3. The number of rotatable bonds is 6. The summed E-state index contributed by atoms with van der Waals surface area (Å²) in [6, 6.07) is 13.9. The van der Waals surface area contributed by atoms with Crippen LogP contribution in [0.4, 0.5) is 5.13 Å².